The molecule has 1 aromatic carbocycles. The Bertz CT molecular complexity index is 1110. The summed E-state index contributed by atoms with van der Waals surface area (Å²) >= 11 is 1.55. The molecule has 27 heavy (non-hydrogen) atoms. The number of amides is 1. The predicted molar refractivity (Wildman–Crippen MR) is 106 cm³/mol. The van der Waals surface area contributed by atoms with Crippen LogP contribution in [0.2, 0.25) is 0 Å². The second-order valence-corrected chi connectivity index (χ2v) is 7.19. The van der Waals surface area contributed by atoms with Gasteiger partial charge in [-0.05, 0) is 32.0 Å². The first kappa shape index (κ1) is 17.4. The molecule has 4 rings (SSSR count). The zero-order valence-corrected chi connectivity index (χ0v) is 16.0. The van der Waals surface area contributed by atoms with Crippen LogP contribution in [0, 0.1) is 13.8 Å². The molecule has 0 spiro atoms. The smallest absolute Gasteiger partial charge is 0.269 e. The number of nitrogens with zero attached hydrogens (tertiary/aromatic N) is 4. The number of fused-ring (bicyclic) bond motifs is 1. The Labute approximate surface area is 160 Å². The van der Waals surface area contributed by atoms with E-state index in [4.69, 9.17) is 0 Å². The minimum Gasteiger partial charge on any atom is -0.350 e. The highest BCUT2D eigenvalue weighted by Gasteiger charge is 2.10. The van der Waals surface area contributed by atoms with Gasteiger partial charge in [-0.15, -0.1) is 11.3 Å². The Kier molecular flexibility index (Phi) is 4.68. The number of aromatic nitrogens is 4. The number of hydrogen-bond acceptors (Lipinski definition) is 5. The number of aryl methyl sites for hydroxylation is 2. The first-order valence-corrected chi connectivity index (χ1v) is 9.60. The summed E-state index contributed by atoms with van der Waals surface area (Å²) in [5, 5.41) is 11.2. The summed E-state index contributed by atoms with van der Waals surface area (Å²) in [4.78, 5) is 21.4. The van der Waals surface area contributed by atoms with E-state index in [2.05, 4.69) is 20.4 Å². The summed E-state index contributed by atoms with van der Waals surface area (Å²) in [6.07, 6.45) is 0.662. The molecule has 0 aliphatic carbocycles. The van der Waals surface area contributed by atoms with Crippen LogP contribution >= 0.6 is 11.3 Å². The Morgan fingerprint density at radius 1 is 1.15 bits per heavy atom. The number of carbonyl (C=O) groups excluding carboxylic acids is 1. The van der Waals surface area contributed by atoms with Crippen LogP contribution in [0.25, 0.3) is 16.0 Å². The average Bonchev–Trinajstić information content (AvgIpc) is 3.27. The lowest BCUT2D eigenvalue weighted by molar-refractivity contribution is 0.0949. The Morgan fingerprint density at radius 2 is 2.00 bits per heavy atom. The van der Waals surface area contributed by atoms with Crippen LogP contribution in [-0.4, -0.2) is 32.2 Å². The van der Waals surface area contributed by atoms with E-state index in [0.717, 1.165) is 33.1 Å². The monoisotopic (exact) mass is 377 g/mol. The standard InChI is InChI=1S/C20H19N5OS/c1-13-11-14(2)25(24-13)20-22-16(12-27-20)9-10-21-19(26)18-8-7-15-5-3-4-6-17(15)23-18/h3-8,11-12H,9-10H2,1-2H3,(H,21,26). The van der Waals surface area contributed by atoms with Crippen LogP contribution in [0.4, 0.5) is 0 Å². The molecular weight excluding hydrogens is 358 g/mol. The Morgan fingerprint density at radius 3 is 2.81 bits per heavy atom. The fourth-order valence-electron chi connectivity index (χ4n) is 2.92. The van der Waals surface area contributed by atoms with E-state index in [0.29, 0.717) is 18.7 Å². The molecule has 1 amide bonds. The van der Waals surface area contributed by atoms with Crippen molar-refractivity contribution in [3.05, 3.63) is 70.6 Å². The lowest BCUT2D eigenvalue weighted by Gasteiger charge is -2.05. The molecular formula is C20H19N5OS. The molecule has 3 aromatic heterocycles. The van der Waals surface area contributed by atoms with Gasteiger partial charge in [-0.25, -0.2) is 14.6 Å². The van der Waals surface area contributed by atoms with Crippen molar-refractivity contribution in [2.24, 2.45) is 0 Å². The molecule has 4 aromatic rings. The lowest BCUT2D eigenvalue weighted by atomic mass is 10.2. The average molecular weight is 377 g/mol. The summed E-state index contributed by atoms with van der Waals surface area (Å²) in [7, 11) is 0. The van der Waals surface area contributed by atoms with Crippen molar-refractivity contribution in [2.45, 2.75) is 20.3 Å². The molecule has 136 valence electrons. The van der Waals surface area contributed by atoms with E-state index in [9.17, 15) is 4.79 Å². The fourth-order valence-corrected chi connectivity index (χ4v) is 3.78. The first-order chi connectivity index (χ1) is 13.1. The summed E-state index contributed by atoms with van der Waals surface area (Å²) < 4.78 is 1.85. The molecule has 0 bridgehead atoms. The van der Waals surface area contributed by atoms with Gasteiger partial charge in [0.1, 0.15) is 5.69 Å². The van der Waals surface area contributed by atoms with Crippen molar-refractivity contribution >= 4 is 28.1 Å². The second-order valence-electron chi connectivity index (χ2n) is 6.36. The minimum atomic E-state index is -0.172. The topological polar surface area (TPSA) is 72.7 Å². The van der Waals surface area contributed by atoms with E-state index < -0.39 is 0 Å². The molecule has 7 heteroatoms. The van der Waals surface area contributed by atoms with E-state index in [1.54, 1.807) is 17.4 Å². The molecule has 0 unspecified atom stereocenters. The lowest BCUT2D eigenvalue weighted by Crippen LogP contribution is -2.26. The third-order valence-corrected chi connectivity index (χ3v) is 5.09. The van der Waals surface area contributed by atoms with Crippen molar-refractivity contribution in [1.82, 2.24) is 25.1 Å². The van der Waals surface area contributed by atoms with Crippen molar-refractivity contribution in [3.8, 4) is 5.13 Å². The first-order valence-electron chi connectivity index (χ1n) is 8.72. The maximum absolute atomic E-state index is 12.3. The molecule has 0 aliphatic heterocycles. The highest BCUT2D eigenvalue weighted by atomic mass is 32.1. The Hall–Kier alpha value is -3.06. The predicted octanol–water partition coefficient (Wildman–Crippen LogP) is 3.47. The van der Waals surface area contributed by atoms with Gasteiger partial charge in [0, 0.05) is 29.4 Å². The number of hydrogen-bond donors (Lipinski definition) is 1. The van der Waals surface area contributed by atoms with Gasteiger partial charge in [0.25, 0.3) is 5.91 Å². The van der Waals surface area contributed by atoms with Crippen molar-refractivity contribution < 1.29 is 4.79 Å². The van der Waals surface area contributed by atoms with Gasteiger partial charge in [0.2, 0.25) is 5.13 Å². The van der Waals surface area contributed by atoms with Crippen LogP contribution < -0.4 is 5.32 Å². The van der Waals surface area contributed by atoms with E-state index >= 15 is 0 Å². The Balaban J connectivity index is 1.38. The molecule has 0 radical (unpaired) electrons. The SMILES string of the molecule is Cc1cc(C)n(-c2nc(CCNC(=O)c3ccc4ccccc4n3)cs2)n1. The molecule has 1 N–H and O–H groups in total. The molecule has 3 heterocycles. The molecule has 0 saturated heterocycles. The summed E-state index contributed by atoms with van der Waals surface area (Å²) in [6, 6.07) is 13.4. The van der Waals surface area contributed by atoms with Gasteiger partial charge in [-0.1, -0.05) is 24.3 Å². The van der Waals surface area contributed by atoms with Crippen LogP contribution in [0.1, 0.15) is 27.6 Å². The van der Waals surface area contributed by atoms with Crippen molar-refractivity contribution in [2.75, 3.05) is 6.54 Å². The van der Waals surface area contributed by atoms with Crippen LogP contribution in [0.15, 0.2) is 47.8 Å². The number of benzene rings is 1. The number of para-hydroxylation sites is 1. The van der Waals surface area contributed by atoms with Gasteiger partial charge in [0.05, 0.1) is 16.9 Å². The highest BCUT2D eigenvalue weighted by molar-refractivity contribution is 7.12. The number of pyridine rings is 1. The van der Waals surface area contributed by atoms with Crippen LogP contribution in [-0.2, 0) is 6.42 Å². The van der Waals surface area contributed by atoms with Gasteiger partial charge in [0.15, 0.2) is 0 Å². The van der Waals surface area contributed by atoms with E-state index in [1.807, 2.05) is 60.3 Å². The molecule has 0 aliphatic rings. The second kappa shape index (κ2) is 7.28. The van der Waals surface area contributed by atoms with Gasteiger partial charge < -0.3 is 5.32 Å². The molecule has 6 nitrogen and oxygen atoms in total. The van der Waals surface area contributed by atoms with Crippen LogP contribution in [0.5, 0.6) is 0 Å². The summed E-state index contributed by atoms with van der Waals surface area (Å²) in [5.41, 5.74) is 4.22. The van der Waals surface area contributed by atoms with Gasteiger partial charge in [-0.3, -0.25) is 4.79 Å². The highest BCUT2D eigenvalue weighted by Crippen LogP contribution is 2.17. The largest absolute Gasteiger partial charge is 0.350 e. The van der Waals surface area contributed by atoms with Gasteiger partial charge >= 0.3 is 0 Å². The normalized spacial score (nSPS) is 11.0. The van der Waals surface area contributed by atoms with Crippen molar-refractivity contribution in [1.29, 1.82) is 0 Å². The van der Waals surface area contributed by atoms with Gasteiger partial charge in [-0.2, -0.15) is 5.10 Å². The maximum atomic E-state index is 12.3. The third kappa shape index (κ3) is 3.73. The maximum Gasteiger partial charge on any atom is 0.269 e. The fraction of sp³-hybridized carbons (Fsp3) is 0.200. The zero-order valence-electron chi connectivity index (χ0n) is 15.1. The summed E-state index contributed by atoms with van der Waals surface area (Å²) in [6.45, 7) is 4.49. The molecule has 0 saturated carbocycles. The quantitative estimate of drug-likeness (QED) is 0.578. The van der Waals surface area contributed by atoms with E-state index in [1.165, 1.54) is 0 Å². The molecule has 0 fully saturated rings. The number of rotatable bonds is 5. The van der Waals surface area contributed by atoms with Crippen LogP contribution in [0.3, 0.4) is 0 Å². The number of thiazole rings is 1. The summed E-state index contributed by atoms with van der Waals surface area (Å²) in [5.74, 6) is -0.172. The molecule has 0 atom stereocenters. The number of carbonyl (C=O) groups is 1. The number of nitrogens with one attached hydrogen (secondary N) is 1. The minimum absolute atomic E-state index is 0.172. The zero-order chi connectivity index (χ0) is 18.8. The van der Waals surface area contributed by atoms with Crippen molar-refractivity contribution in [3.63, 3.8) is 0 Å². The third-order valence-electron chi connectivity index (χ3n) is 4.23. The van der Waals surface area contributed by atoms with E-state index in [-0.39, 0.29) is 5.91 Å².